The zero-order valence-corrected chi connectivity index (χ0v) is 18.1. The van der Waals surface area contributed by atoms with E-state index in [9.17, 15) is 0 Å². The van der Waals surface area contributed by atoms with Gasteiger partial charge in [-0.05, 0) is 30.3 Å². The third-order valence-corrected chi connectivity index (χ3v) is 5.28. The standard InChI is InChI=1S/C24H23N7O/c1-25-18-7-5-8-19(13-18)28-23-24-29-21(16-6-4-9-20(12-16)32-3)22(31(24)11-10-26-23)17-14-27-30(2)15-17/h4-15,25H,1-3H3,(H,26,28). The van der Waals surface area contributed by atoms with Crippen LogP contribution in [-0.2, 0) is 7.05 Å². The molecule has 5 aromatic rings. The first-order chi connectivity index (χ1) is 15.7. The Morgan fingerprint density at radius 1 is 1.00 bits per heavy atom. The third kappa shape index (κ3) is 3.51. The number of aromatic nitrogens is 5. The Morgan fingerprint density at radius 2 is 1.84 bits per heavy atom. The molecule has 0 radical (unpaired) electrons. The number of aryl methyl sites for hydroxylation is 1. The van der Waals surface area contributed by atoms with E-state index in [-0.39, 0.29) is 0 Å². The van der Waals surface area contributed by atoms with Crippen LogP contribution in [0.3, 0.4) is 0 Å². The number of methoxy groups -OCH3 is 1. The summed E-state index contributed by atoms with van der Waals surface area (Å²) in [6.45, 7) is 0. The van der Waals surface area contributed by atoms with Gasteiger partial charge in [0, 0.05) is 55.2 Å². The fourth-order valence-corrected chi connectivity index (χ4v) is 3.75. The van der Waals surface area contributed by atoms with Gasteiger partial charge in [0.05, 0.1) is 24.7 Å². The Morgan fingerprint density at radius 3 is 2.62 bits per heavy atom. The molecule has 0 amide bonds. The molecule has 3 heterocycles. The molecule has 5 rings (SSSR count). The SMILES string of the molecule is CNc1cccc(Nc2nccn3c(-c4cnn(C)c4)c(-c4cccc(OC)c4)nc23)c1. The second-order valence-electron chi connectivity index (χ2n) is 7.37. The first-order valence-electron chi connectivity index (χ1n) is 10.2. The van der Waals surface area contributed by atoms with Crippen LogP contribution in [0.2, 0.25) is 0 Å². The molecule has 0 aliphatic carbocycles. The van der Waals surface area contributed by atoms with Crippen molar-refractivity contribution in [3.05, 3.63) is 73.3 Å². The first-order valence-corrected chi connectivity index (χ1v) is 10.2. The summed E-state index contributed by atoms with van der Waals surface area (Å²) in [5, 5.41) is 10.9. The van der Waals surface area contributed by atoms with E-state index >= 15 is 0 Å². The summed E-state index contributed by atoms with van der Waals surface area (Å²) >= 11 is 0. The Labute approximate surface area is 185 Å². The second-order valence-corrected chi connectivity index (χ2v) is 7.37. The number of ether oxygens (including phenoxy) is 1. The highest BCUT2D eigenvalue weighted by Gasteiger charge is 2.20. The van der Waals surface area contributed by atoms with Crippen LogP contribution in [0.25, 0.3) is 28.2 Å². The van der Waals surface area contributed by atoms with E-state index in [1.54, 1.807) is 18.0 Å². The molecule has 0 spiro atoms. The summed E-state index contributed by atoms with van der Waals surface area (Å²) in [7, 11) is 5.46. The summed E-state index contributed by atoms with van der Waals surface area (Å²) in [6.07, 6.45) is 7.52. The third-order valence-electron chi connectivity index (χ3n) is 5.28. The number of rotatable bonds is 6. The summed E-state index contributed by atoms with van der Waals surface area (Å²) in [5.74, 6) is 1.44. The molecule has 160 valence electrons. The van der Waals surface area contributed by atoms with Crippen LogP contribution in [0, 0.1) is 0 Å². The predicted molar refractivity (Wildman–Crippen MR) is 126 cm³/mol. The fraction of sp³-hybridized carbons (Fsp3) is 0.125. The van der Waals surface area contributed by atoms with Crippen molar-refractivity contribution in [2.45, 2.75) is 0 Å². The highest BCUT2D eigenvalue weighted by atomic mass is 16.5. The van der Waals surface area contributed by atoms with Gasteiger partial charge in [0.1, 0.15) is 5.75 Å². The van der Waals surface area contributed by atoms with Crippen LogP contribution in [0.5, 0.6) is 5.75 Å². The molecular weight excluding hydrogens is 402 g/mol. The van der Waals surface area contributed by atoms with Crippen molar-refractivity contribution in [2.24, 2.45) is 7.05 Å². The number of nitrogens with zero attached hydrogens (tertiary/aromatic N) is 5. The van der Waals surface area contributed by atoms with E-state index in [0.29, 0.717) is 5.82 Å². The highest BCUT2D eigenvalue weighted by molar-refractivity contribution is 5.85. The zero-order valence-electron chi connectivity index (χ0n) is 18.1. The van der Waals surface area contributed by atoms with Crippen LogP contribution < -0.4 is 15.4 Å². The van der Waals surface area contributed by atoms with Gasteiger partial charge in [-0.15, -0.1) is 0 Å². The number of anilines is 3. The molecule has 3 aromatic heterocycles. The van der Waals surface area contributed by atoms with Crippen LogP contribution in [-0.4, -0.2) is 38.3 Å². The minimum absolute atomic E-state index is 0.667. The minimum Gasteiger partial charge on any atom is -0.497 e. The van der Waals surface area contributed by atoms with Gasteiger partial charge in [0.25, 0.3) is 0 Å². The molecule has 0 unspecified atom stereocenters. The number of imidazole rings is 1. The number of hydrogen-bond donors (Lipinski definition) is 2. The smallest absolute Gasteiger partial charge is 0.181 e. The highest BCUT2D eigenvalue weighted by Crippen LogP contribution is 2.35. The van der Waals surface area contributed by atoms with Crippen LogP contribution in [0.1, 0.15) is 0 Å². The monoisotopic (exact) mass is 425 g/mol. The van der Waals surface area contributed by atoms with Crippen molar-refractivity contribution in [3.63, 3.8) is 0 Å². The van der Waals surface area contributed by atoms with Gasteiger partial charge in [0.15, 0.2) is 11.5 Å². The van der Waals surface area contributed by atoms with Crippen molar-refractivity contribution >= 4 is 22.8 Å². The second kappa shape index (κ2) is 8.07. The lowest BCUT2D eigenvalue weighted by Crippen LogP contribution is -1.99. The van der Waals surface area contributed by atoms with Gasteiger partial charge in [-0.2, -0.15) is 5.10 Å². The maximum atomic E-state index is 5.44. The van der Waals surface area contributed by atoms with E-state index in [1.807, 2.05) is 85.6 Å². The van der Waals surface area contributed by atoms with Gasteiger partial charge in [0.2, 0.25) is 0 Å². The van der Waals surface area contributed by atoms with E-state index in [1.165, 1.54) is 0 Å². The van der Waals surface area contributed by atoms with Crippen molar-refractivity contribution < 1.29 is 4.74 Å². The molecule has 2 N–H and O–H groups in total. The zero-order chi connectivity index (χ0) is 22.1. The predicted octanol–water partition coefficient (Wildman–Crippen LogP) is 4.59. The molecule has 32 heavy (non-hydrogen) atoms. The Hall–Kier alpha value is -4.33. The van der Waals surface area contributed by atoms with Crippen molar-refractivity contribution in [1.29, 1.82) is 0 Å². The molecule has 0 bridgehead atoms. The normalized spacial score (nSPS) is 11.0. The molecular formula is C24H23N7O. The average molecular weight is 425 g/mol. The summed E-state index contributed by atoms with van der Waals surface area (Å²) < 4.78 is 9.27. The molecule has 2 aromatic carbocycles. The Kier molecular flexibility index (Phi) is 4.95. The van der Waals surface area contributed by atoms with Gasteiger partial charge in [-0.1, -0.05) is 18.2 Å². The summed E-state index contributed by atoms with van der Waals surface area (Å²) in [5.41, 5.74) is 6.35. The van der Waals surface area contributed by atoms with Crippen molar-refractivity contribution in [3.8, 4) is 28.3 Å². The lowest BCUT2D eigenvalue weighted by atomic mass is 10.1. The number of fused-ring (bicyclic) bond motifs is 1. The average Bonchev–Trinajstić information content (AvgIpc) is 3.43. The largest absolute Gasteiger partial charge is 0.497 e. The summed E-state index contributed by atoms with van der Waals surface area (Å²) in [6, 6.07) is 15.9. The molecule has 8 nitrogen and oxygen atoms in total. The van der Waals surface area contributed by atoms with E-state index in [4.69, 9.17) is 9.72 Å². The van der Waals surface area contributed by atoms with Gasteiger partial charge in [-0.3, -0.25) is 9.08 Å². The lowest BCUT2D eigenvalue weighted by Gasteiger charge is -2.09. The molecule has 0 atom stereocenters. The number of nitrogens with one attached hydrogen (secondary N) is 2. The van der Waals surface area contributed by atoms with E-state index < -0.39 is 0 Å². The van der Waals surface area contributed by atoms with Crippen LogP contribution in [0.15, 0.2) is 73.3 Å². The molecule has 0 aliphatic rings. The quantitative estimate of drug-likeness (QED) is 0.414. The Bertz CT molecular complexity index is 1400. The first kappa shape index (κ1) is 19.6. The topological polar surface area (TPSA) is 81.3 Å². The molecule has 0 fully saturated rings. The fourth-order valence-electron chi connectivity index (χ4n) is 3.75. The van der Waals surface area contributed by atoms with Gasteiger partial charge >= 0.3 is 0 Å². The number of hydrogen-bond acceptors (Lipinski definition) is 6. The van der Waals surface area contributed by atoms with Crippen LogP contribution in [0.4, 0.5) is 17.2 Å². The van der Waals surface area contributed by atoms with Crippen molar-refractivity contribution in [2.75, 3.05) is 24.8 Å². The Balaban J connectivity index is 1.71. The lowest BCUT2D eigenvalue weighted by molar-refractivity contribution is 0.415. The van der Waals surface area contributed by atoms with Crippen molar-refractivity contribution in [1.82, 2.24) is 24.1 Å². The molecule has 0 saturated carbocycles. The van der Waals surface area contributed by atoms with Gasteiger partial charge in [-0.25, -0.2) is 9.97 Å². The molecule has 0 saturated heterocycles. The minimum atomic E-state index is 0.667. The molecule has 8 heteroatoms. The molecule has 0 aliphatic heterocycles. The maximum absolute atomic E-state index is 5.44. The van der Waals surface area contributed by atoms with E-state index in [0.717, 1.165) is 45.3 Å². The van der Waals surface area contributed by atoms with Crippen LogP contribution >= 0.6 is 0 Å². The maximum Gasteiger partial charge on any atom is 0.181 e. The summed E-state index contributed by atoms with van der Waals surface area (Å²) in [4.78, 5) is 9.59. The number of benzene rings is 2. The van der Waals surface area contributed by atoms with Gasteiger partial charge < -0.3 is 15.4 Å². The van der Waals surface area contributed by atoms with E-state index in [2.05, 4.69) is 20.7 Å².